The highest BCUT2D eigenvalue weighted by Gasteiger charge is 2.30. The summed E-state index contributed by atoms with van der Waals surface area (Å²) < 4.78 is 0. The molecule has 2 heterocycles. The number of amides is 1. The molecule has 1 atom stereocenters. The fourth-order valence-electron chi connectivity index (χ4n) is 2.72. The molecular weight excluding hydrogens is 238 g/mol. The molecule has 19 heavy (non-hydrogen) atoms. The Labute approximate surface area is 112 Å². The summed E-state index contributed by atoms with van der Waals surface area (Å²) >= 11 is 0. The smallest absolute Gasteiger partial charge is 0.270 e. The van der Waals surface area contributed by atoms with E-state index in [1.807, 2.05) is 23.1 Å². The van der Waals surface area contributed by atoms with Gasteiger partial charge in [-0.1, -0.05) is 30.3 Å². The van der Waals surface area contributed by atoms with Gasteiger partial charge in [-0.3, -0.25) is 4.79 Å². The van der Waals surface area contributed by atoms with Gasteiger partial charge >= 0.3 is 0 Å². The Balaban J connectivity index is 1.86. The van der Waals surface area contributed by atoms with E-state index in [1.54, 1.807) is 12.3 Å². The molecule has 0 saturated carbocycles. The van der Waals surface area contributed by atoms with Crippen molar-refractivity contribution >= 4 is 11.6 Å². The SMILES string of the molecule is Nc1c[nH]c(C(=O)N2CCCC2c2ccccc2)c1. The third kappa shape index (κ3) is 2.21. The highest BCUT2D eigenvalue weighted by Crippen LogP contribution is 2.32. The van der Waals surface area contributed by atoms with Gasteiger partial charge < -0.3 is 15.6 Å². The number of anilines is 1. The molecular formula is C15H17N3O. The quantitative estimate of drug-likeness (QED) is 0.866. The van der Waals surface area contributed by atoms with Crippen LogP contribution >= 0.6 is 0 Å². The summed E-state index contributed by atoms with van der Waals surface area (Å²) in [5, 5.41) is 0. The molecule has 3 N–H and O–H groups in total. The first-order valence-electron chi connectivity index (χ1n) is 6.55. The number of aromatic amines is 1. The van der Waals surface area contributed by atoms with Crippen LogP contribution in [0.4, 0.5) is 5.69 Å². The fourth-order valence-corrected chi connectivity index (χ4v) is 2.72. The Hall–Kier alpha value is -2.23. The number of benzene rings is 1. The van der Waals surface area contributed by atoms with Crippen molar-refractivity contribution in [2.24, 2.45) is 0 Å². The number of nitrogens with one attached hydrogen (secondary N) is 1. The molecule has 4 nitrogen and oxygen atoms in total. The lowest BCUT2D eigenvalue weighted by Gasteiger charge is -2.24. The van der Waals surface area contributed by atoms with Crippen molar-refractivity contribution in [3.63, 3.8) is 0 Å². The molecule has 1 aromatic heterocycles. The van der Waals surface area contributed by atoms with E-state index in [2.05, 4.69) is 17.1 Å². The van der Waals surface area contributed by atoms with Gasteiger partial charge in [-0.25, -0.2) is 0 Å². The van der Waals surface area contributed by atoms with Gasteiger partial charge in [0.2, 0.25) is 0 Å². The predicted octanol–water partition coefficient (Wildman–Crippen LogP) is 2.57. The second-order valence-corrected chi connectivity index (χ2v) is 4.91. The van der Waals surface area contributed by atoms with Crippen LogP contribution in [0, 0.1) is 0 Å². The topological polar surface area (TPSA) is 62.1 Å². The van der Waals surface area contributed by atoms with Crippen LogP contribution < -0.4 is 5.73 Å². The number of nitrogen functional groups attached to an aromatic ring is 1. The summed E-state index contributed by atoms with van der Waals surface area (Å²) in [7, 11) is 0. The predicted molar refractivity (Wildman–Crippen MR) is 74.7 cm³/mol. The van der Waals surface area contributed by atoms with Crippen LogP contribution in [0.15, 0.2) is 42.6 Å². The van der Waals surface area contributed by atoms with E-state index >= 15 is 0 Å². The van der Waals surface area contributed by atoms with Gasteiger partial charge in [0.25, 0.3) is 5.91 Å². The normalized spacial score (nSPS) is 18.7. The molecule has 4 heteroatoms. The minimum atomic E-state index is 0.0306. The van der Waals surface area contributed by atoms with Crippen molar-refractivity contribution in [3.8, 4) is 0 Å². The van der Waals surface area contributed by atoms with Crippen molar-refractivity contribution in [2.45, 2.75) is 18.9 Å². The Bertz CT molecular complexity index is 576. The largest absolute Gasteiger partial charge is 0.397 e. The Morgan fingerprint density at radius 1 is 1.32 bits per heavy atom. The van der Waals surface area contributed by atoms with Crippen LogP contribution in [0.1, 0.15) is 34.9 Å². The number of hydrogen-bond donors (Lipinski definition) is 2. The number of likely N-dealkylation sites (tertiary alicyclic amines) is 1. The molecule has 0 spiro atoms. The first-order valence-corrected chi connectivity index (χ1v) is 6.55. The Kier molecular flexibility index (Phi) is 2.99. The lowest BCUT2D eigenvalue weighted by molar-refractivity contribution is 0.0730. The zero-order chi connectivity index (χ0) is 13.2. The van der Waals surface area contributed by atoms with E-state index in [0.29, 0.717) is 11.4 Å². The number of rotatable bonds is 2. The van der Waals surface area contributed by atoms with Crippen molar-refractivity contribution in [1.29, 1.82) is 0 Å². The van der Waals surface area contributed by atoms with Crippen LogP contribution in [0.25, 0.3) is 0 Å². The Morgan fingerprint density at radius 3 is 2.79 bits per heavy atom. The average Bonchev–Trinajstić information content (AvgIpc) is 3.07. The van der Waals surface area contributed by atoms with Crippen LogP contribution in [-0.2, 0) is 0 Å². The van der Waals surface area contributed by atoms with E-state index in [9.17, 15) is 4.79 Å². The van der Waals surface area contributed by atoms with Crippen LogP contribution in [0.2, 0.25) is 0 Å². The molecule has 3 rings (SSSR count). The Morgan fingerprint density at radius 2 is 2.11 bits per heavy atom. The number of hydrogen-bond acceptors (Lipinski definition) is 2. The highest BCUT2D eigenvalue weighted by molar-refractivity contribution is 5.93. The number of nitrogens with zero attached hydrogens (tertiary/aromatic N) is 1. The van der Waals surface area contributed by atoms with E-state index in [1.165, 1.54) is 5.56 Å². The van der Waals surface area contributed by atoms with E-state index < -0.39 is 0 Å². The van der Waals surface area contributed by atoms with E-state index in [4.69, 9.17) is 5.73 Å². The van der Waals surface area contributed by atoms with E-state index in [-0.39, 0.29) is 11.9 Å². The third-order valence-corrected chi connectivity index (χ3v) is 3.63. The molecule has 0 radical (unpaired) electrons. The second-order valence-electron chi connectivity index (χ2n) is 4.91. The zero-order valence-electron chi connectivity index (χ0n) is 10.7. The maximum Gasteiger partial charge on any atom is 0.270 e. The van der Waals surface area contributed by atoms with Gasteiger partial charge in [-0.05, 0) is 24.5 Å². The van der Waals surface area contributed by atoms with Gasteiger partial charge in [0.05, 0.1) is 6.04 Å². The highest BCUT2D eigenvalue weighted by atomic mass is 16.2. The third-order valence-electron chi connectivity index (χ3n) is 3.63. The van der Waals surface area contributed by atoms with Crippen LogP contribution in [-0.4, -0.2) is 22.3 Å². The number of carbonyl (C=O) groups excluding carboxylic acids is 1. The maximum absolute atomic E-state index is 12.5. The van der Waals surface area contributed by atoms with Gasteiger partial charge in [0.15, 0.2) is 0 Å². The zero-order valence-corrected chi connectivity index (χ0v) is 10.7. The molecule has 2 aromatic rings. The molecule has 0 aliphatic carbocycles. The summed E-state index contributed by atoms with van der Waals surface area (Å²) in [6, 6.07) is 12.1. The van der Waals surface area contributed by atoms with Crippen molar-refractivity contribution in [2.75, 3.05) is 12.3 Å². The number of carbonyl (C=O) groups is 1. The molecule has 1 aliphatic heterocycles. The molecule has 1 saturated heterocycles. The van der Waals surface area contributed by atoms with Crippen LogP contribution in [0.3, 0.4) is 0 Å². The van der Waals surface area contributed by atoms with Gasteiger partial charge in [0, 0.05) is 18.4 Å². The van der Waals surface area contributed by atoms with Gasteiger partial charge in [-0.2, -0.15) is 0 Å². The van der Waals surface area contributed by atoms with E-state index in [0.717, 1.165) is 19.4 Å². The lowest BCUT2D eigenvalue weighted by atomic mass is 10.0. The number of H-pyrrole nitrogens is 1. The minimum Gasteiger partial charge on any atom is -0.397 e. The molecule has 1 fully saturated rings. The maximum atomic E-state index is 12.5. The molecule has 1 aromatic carbocycles. The van der Waals surface area contributed by atoms with Gasteiger partial charge in [-0.15, -0.1) is 0 Å². The summed E-state index contributed by atoms with van der Waals surface area (Å²) in [5.74, 6) is 0.0306. The molecule has 1 unspecified atom stereocenters. The molecule has 1 amide bonds. The molecule has 1 aliphatic rings. The van der Waals surface area contributed by atoms with Gasteiger partial charge in [0.1, 0.15) is 5.69 Å². The van der Waals surface area contributed by atoms with Crippen LogP contribution in [0.5, 0.6) is 0 Å². The molecule has 98 valence electrons. The standard InChI is InChI=1S/C15H17N3O/c16-12-9-13(17-10-12)15(19)18-8-4-7-14(18)11-5-2-1-3-6-11/h1-3,5-6,9-10,14,17H,4,7-8,16H2. The summed E-state index contributed by atoms with van der Waals surface area (Å²) in [6.45, 7) is 0.803. The molecule has 0 bridgehead atoms. The first-order chi connectivity index (χ1) is 9.25. The van der Waals surface area contributed by atoms with Crippen molar-refractivity contribution < 1.29 is 4.79 Å². The minimum absolute atomic E-state index is 0.0306. The summed E-state index contributed by atoms with van der Waals surface area (Å²) in [6.07, 6.45) is 3.72. The number of aromatic nitrogens is 1. The number of nitrogens with two attached hydrogens (primary N) is 1. The van der Waals surface area contributed by atoms with Crippen molar-refractivity contribution in [3.05, 3.63) is 53.9 Å². The average molecular weight is 255 g/mol. The van der Waals surface area contributed by atoms with Crippen molar-refractivity contribution in [1.82, 2.24) is 9.88 Å². The summed E-state index contributed by atoms with van der Waals surface area (Å²) in [5.41, 5.74) is 8.03. The fraction of sp³-hybridized carbons (Fsp3) is 0.267. The second kappa shape index (κ2) is 4.80. The monoisotopic (exact) mass is 255 g/mol. The first kappa shape index (κ1) is 11.8. The summed E-state index contributed by atoms with van der Waals surface area (Å²) in [4.78, 5) is 17.4. The lowest BCUT2D eigenvalue weighted by Crippen LogP contribution is -2.30.